The summed E-state index contributed by atoms with van der Waals surface area (Å²) >= 11 is 0. The maximum absolute atomic E-state index is 13.8. The van der Waals surface area contributed by atoms with E-state index in [4.69, 9.17) is 0 Å². The van der Waals surface area contributed by atoms with Gasteiger partial charge in [-0.2, -0.15) is 0 Å². The van der Waals surface area contributed by atoms with Crippen LogP contribution in [0.15, 0.2) is 6.07 Å². The summed E-state index contributed by atoms with van der Waals surface area (Å²) in [7, 11) is 0. The predicted molar refractivity (Wildman–Crippen MR) is 57.8 cm³/mol. The highest BCUT2D eigenvalue weighted by Crippen LogP contribution is 2.41. The van der Waals surface area contributed by atoms with E-state index in [1.165, 1.54) is 6.07 Å². The van der Waals surface area contributed by atoms with Gasteiger partial charge in [-0.25, -0.2) is 4.39 Å². The number of carbonyl (C=O) groups excluding carboxylic acids is 1. The molecule has 80 valence electrons. The Balaban J connectivity index is 2.84. The van der Waals surface area contributed by atoms with Crippen LogP contribution in [0.3, 0.4) is 0 Å². The number of hydrogen-bond acceptors (Lipinski definition) is 1. The van der Waals surface area contributed by atoms with Crippen molar-refractivity contribution in [2.24, 2.45) is 0 Å². The average molecular weight is 206 g/mol. The third-order valence-corrected chi connectivity index (χ3v) is 3.36. The van der Waals surface area contributed by atoms with Crippen LogP contribution in [0.2, 0.25) is 0 Å². The van der Waals surface area contributed by atoms with E-state index in [2.05, 4.69) is 0 Å². The molecule has 0 fully saturated rings. The zero-order chi connectivity index (χ0) is 11.4. The molecule has 15 heavy (non-hydrogen) atoms. The first kappa shape index (κ1) is 10.3. The molecule has 0 aliphatic heterocycles. The van der Waals surface area contributed by atoms with Crippen LogP contribution in [-0.4, -0.2) is 5.78 Å². The molecule has 0 radical (unpaired) electrons. The molecule has 1 nitrogen and oxygen atoms in total. The van der Waals surface area contributed by atoms with Crippen LogP contribution in [0.1, 0.15) is 47.3 Å². The first-order valence-electron chi connectivity index (χ1n) is 5.18. The largest absolute Gasteiger partial charge is 0.294 e. The SMILES string of the molecule is Cc1cc(F)c2c(c1C)C(=O)CC2(C)C. The van der Waals surface area contributed by atoms with E-state index >= 15 is 0 Å². The van der Waals surface area contributed by atoms with E-state index in [0.29, 0.717) is 17.5 Å². The summed E-state index contributed by atoms with van der Waals surface area (Å²) in [5.74, 6) is -0.154. The fourth-order valence-electron chi connectivity index (χ4n) is 2.46. The topological polar surface area (TPSA) is 17.1 Å². The quantitative estimate of drug-likeness (QED) is 0.636. The summed E-state index contributed by atoms with van der Waals surface area (Å²) in [4.78, 5) is 11.8. The summed E-state index contributed by atoms with van der Waals surface area (Å²) in [5, 5.41) is 0. The van der Waals surface area contributed by atoms with Crippen LogP contribution in [0.4, 0.5) is 4.39 Å². The molecular weight excluding hydrogens is 191 g/mol. The van der Waals surface area contributed by atoms with Gasteiger partial charge in [0.25, 0.3) is 0 Å². The zero-order valence-electron chi connectivity index (χ0n) is 9.57. The van der Waals surface area contributed by atoms with Crippen molar-refractivity contribution in [2.75, 3.05) is 0 Å². The lowest BCUT2D eigenvalue weighted by Gasteiger charge is -2.19. The van der Waals surface area contributed by atoms with Crippen LogP contribution in [0.25, 0.3) is 0 Å². The van der Waals surface area contributed by atoms with E-state index in [1.54, 1.807) is 0 Å². The van der Waals surface area contributed by atoms with E-state index in [9.17, 15) is 9.18 Å². The standard InChI is InChI=1S/C13H15FO/c1-7-5-9(14)12-11(8(7)2)10(15)6-13(12,3)4/h5H,6H2,1-4H3. The Bertz CT molecular complexity index is 458. The number of Topliss-reactive ketones (excluding diaryl/α,β-unsaturated/α-hetero) is 1. The molecule has 1 aromatic carbocycles. The minimum atomic E-state index is -0.352. The zero-order valence-corrected chi connectivity index (χ0v) is 9.57. The molecule has 2 heteroatoms. The van der Waals surface area contributed by atoms with Crippen molar-refractivity contribution in [3.05, 3.63) is 34.1 Å². The Morgan fingerprint density at radius 1 is 1.33 bits per heavy atom. The minimum absolute atomic E-state index is 0.0788. The van der Waals surface area contributed by atoms with Gasteiger partial charge in [-0.05, 0) is 31.0 Å². The Morgan fingerprint density at radius 3 is 2.53 bits per heavy atom. The lowest BCUT2D eigenvalue weighted by Crippen LogP contribution is -2.14. The second-order valence-corrected chi connectivity index (χ2v) is 5.03. The van der Waals surface area contributed by atoms with E-state index < -0.39 is 0 Å². The Labute approximate surface area is 89.3 Å². The van der Waals surface area contributed by atoms with Crippen LogP contribution < -0.4 is 0 Å². The normalized spacial score (nSPS) is 18.1. The summed E-state index contributed by atoms with van der Waals surface area (Å²) < 4.78 is 13.8. The summed E-state index contributed by atoms with van der Waals surface area (Å²) in [5.41, 5.74) is 2.67. The number of halogens is 1. The van der Waals surface area contributed by atoms with Crippen molar-refractivity contribution in [1.29, 1.82) is 0 Å². The maximum Gasteiger partial charge on any atom is 0.164 e. The molecule has 2 rings (SSSR count). The number of carbonyl (C=O) groups is 1. The maximum atomic E-state index is 13.8. The molecule has 0 bridgehead atoms. The summed E-state index contributed by atoms with van der Waals surface area (Å²) in [6.07, 6.45) is 0.420. The van der Waals surface area contributed by atoms with Crippen molar-refractivity contribution < 1.29 is 9.18 Å². The second-order valence-electron chi connectivity index (χ2n) is 5.03. The number of aryl methyl sites for hydroxylation is 1. The lowest BCUT2D eigenvalue weighted by atomic mass is 9.85. The smallest absolute Gasteiger partial charge is 0.164 e. The molecule has 0 unspecified atom stereocenters. The highest BCUT2D eigenvalue weighted by atomic mass is 19.1. The van der Waals surface area contributed by atoms with Crippen molar-refractivity contribution in [1.82, 2.24) is 0 Å². The Hall–Kier alpha value is -1.18. The molecule has 0 saturated carbocycles. The molecule has 1 aliphatic carbocycles. The van der Waals surface area contributed by atoms with Crippen LogP contribution in [0, 0.1) is 19.7 Å². The first-order chi connectivity index (χ1) is 6.84. The van der Waals surface area contributed by atoms with Gasteiger partial charge in [0.1, 0.15) is 5.82 Å². The molecule has 0 saturated heterocycles. The van der Waals surface area contributed by atoms with Crippen molar-refractivity contribution in [3.63, 3.8) is 0 Å². The van der Waals surface area contributed by atoms with Gasteiger partial charge < -0.3 is 0 Å². The van der Waals surface area contributed by atoms with Crippen LogP contribution >= 0.6 is 0 Å². The van der Waals surface area contributed by atoms with Crippen LogP contribution in [0.5, 0.6) is 0 Å². The van der Waals surface area contributed by atoms with Gasteiger partial charge in [0, 0.05) is 23.0 Å². The number of rotatable bonds is 0. The molecule has 0 N–H and O–H groups in total. The monoisotopic (exact) mass is 206 g/mol. The van der Waals surface area contributed by atoms with Crippen molar-refractivity contribution in [3.8, 4) is 0 Å². The molecule has 0 atom stereocenters. The Kier molecular flexibility index (Phi) is 2.00. The Morgan fingerprint density at radius 2 is 1.93 bits per heavy atom. The van der Waals surface area contributed by atoms with Crippen molar-refractivity contribution in [2.45, 2.75) is 39.5 Å². The van der Waals surface area contributed by atoms with Gasteiger partial charge in [0.15, 0.2) is 5.78 Å². The predicted octanol–water partition coefficient (Wildman–Crippen LogP) is 3.31. The number of ketones is 1. The highest BCUT2D eigenvalue weighted by molar-refractivity contribution is 6.03. The molecule has 0 heterocycles. The van der Waals surface area contributed by atoms with E-state index in [1.807, 2.05) is 27.7 Å². The summed E-state index contributed by atoms with van der Waals surface area (Å²) in [6.45, 7) is 7.59. The van der Waals surface area contributed by atoms with Gasteiger partial charge in [-0.15, -0.1) is 0 Å². The number of hydrogen-bond donors (Lipinski definition) is 0. The highest BCUT2D eigenvalue weighted by Gasteiger charge is 2.39. The summed E-state index contributed by atoms with van der Waals surface area (Å²) in [6, 6.07) is 1.54. The van der Waals surface area contributed by atoms with Crippen LogP contribution in [-0.2, 0) is 5.41 Å². The first-order valence-corrected chi connectivity index (χ1v) is 5.18. The number of fused-ring (bicyclic) bond motifs is 1. The van der Waals surface area contributed by atoms with Gasteiger partial charge in [-0.1, -0.05) is 13.8 Å². The lowest BCUT2D eigenvalue weighted by molar-refractivity contribution is 0.0979. The van der Waals surface area contributed by atoms with Gasteiger partial charge in [0.05, 0.1) is 0 Å². The van der Waals surface area contributed by atoms with E-state index in [0.717, 1.165) is 11.1 Å². The molecule has 1 aliphatic rings. The van der Waals surface area contributed by atoms with Crippen molar-refractivity contribution >= 4 is 5.78 Å². The third kappa shape index (κ3) is 1.31. The molecule has 0 amide bonds. The van der Waals surface area contributed by atoms with Gasteiger partial charge in [-0.3, -0.25) is 4.79 Å². The fourth-order valence-corrected chi connectivity index (χ4v) is 2.46. The van der Waals surface area contributed by atoms with E-state index in [-0.39, 0.29) is 17.0 Å². The average Bonchev–Trinajstić information content (AvgIpc) is 2.32. The van der Waals surface area contributed by atoms with Gasteiger partial charge in [0.2, 0.25) is 0 Å². The fraction of sp³-hybridized carbons (Fsp3) is 0.462. The van der Waals surface area contributed by atoms with Gasteiger partial charge >= 0.3 is 0 Å². The minimum Gasteiger partial charge on any atom is -0.294 e. The molecular formula is C13H15FO. The molecule has 1 aromatic rings. The third-order valence-electron chi connectivity index (χ3n) is 3.36. The second kappa shape index (κ2) is 2.91. The molecule has 0 spiro atoms. The number of benzene rings is 1. The molecule has 0 aromatic heterocycles.